The smallest absolute Gasteiger partial charge is 0.193 e. The minimum Gasteiger partial charge on any atom is -0.370 e. The number of hydrogen-bond donors (Lipinski definition) is 2. The molecule has 1 heterocycles. The number of hydrogen-bond acceptors (Lipinski definition) is 2. The van der Waals surface area contributed by atoms with Crippen LogP contribution < -0.4 is 11.1 Å². The maximum atomic E-state index is 5.93. The Balaban J connectivity index is 0.00000220. The van der Waals surface area contributed by atoms with Gasteiger partial charge < -0.3 is 11.1 Å². The van der Waals surface area contributed by atoms with Crippen LogP contribution in [-0.4, -0.2) is 36.5 Å². The van der Waals surface area contributed by atoms with Crippen molar-refractivity contribution in [2.75, 3.05) is 25.0 Å². The Kier molecular flexibility index (Phi) is 8.03. The van der Waals surface area contributed by atoms with E-state index in [1.807, 2.05) is 30.3 Å². The summed E-state index contributed by atoms with van der Waals surface area (Å²) < 4.78 is 0. The zero-order valence-electron chi connectivity index (χ0n) is 13.0. The quantitative estimate of drug-likeness (QED) is 0.462. The molecule has 1 aliphatic heterocycles. The van der Waals surface area contributed by atoms with Crippen LogP contribution in [0, 0.1) is 5.92 Å². The van der Waals surface area contributed by atoms with Crippen molar-refractivity contribution in [2.24, 2.45) is 16.6 Å². The summed E-state index contributed by atoms with van der Waals surface area (Å²) in [7, 11) is 0. The summed E-state index contributed by atoms with van der Waals surface area (Å²) in [5, 5.41) is 3.12. The van der Waals surface area contributed by atoms with Gasteiger partial charge >= 0.3 is 0 Å². The van der Waals surface area contributed by atoms with Gasteiger partial charge in [-0.25, -0.2) is 0 Å². The molecule has 0 saturated carbocycles. The first-order chi connectivity index (χ1) is 9.65. The predicted molar refractivity (Wildman–Crippen MR) is 101 cm³/mol. The molecule has 4 nitrogen and oxygen atoms in total. The van der Waals surface area contributed by atoms with Gasteiger partial charge in [-0.1, -0.05) is 25.1 Å². The number of anilines is 1. The molecule has 2 unspecified atom stereocenters. The van der Waals surface area contributed by atoms with E-state index in [1.54, 1.807) is 0 Å². The van der Waals surface area contributed by atoms with E-state index < -0.39 is 0 Å². The van der Waals surface area contributed by atoms with Crippen LogP contribution in [0.5, 0.6) is 0 Å². The van der Waals surface area contributed by atoms with Gasteiger partial charge in [0, 0.05) is 18.3 Å². The number of likely N-dealkylation sites (tertiary alicyclic amines) is 1. The van der Waals surface area contributed by atoms with Gasteiger partial charge in [-0.2, -0.15) is 0 Å². The lowest BCUT2D eigenvalue weighted by atomic mass is 9.99. The maximum absolute atomic E-state index is 5.93. The highest BCUT2D eigenvalue weighted by Gasteiger charge is 2.20. The third-order valence-electron chi connectivity index (χ3n) is 3.88. The molecule has 0 aliphatic carbocycles. The minimum absolute atomic E-state index is 0. The molecular formula is C16H27IN4. The number of halogens is 1. The molecule has 0 amide bonds. The van der Waals surface area contributed by atoms with Crippen LogP contribution in [0.2, 0.25) is 0 Å². The number of para-hydroxylation sites is 1. The molecule has 5 heteroatoms. The van der Waals surface area contributed by atoms with Crippen LogP contribution in [0.3, 0.4) is 0 Å². The number of aliphatic imine (C=N–C) groups is 1. The van der Waals surface area contributed by atoms with Crippen molar-refractivity contribution in [2.45, 2.75) is 32.7 Å². The van der Waals surface area contributed by atoms with E-state index in [-0.39, 0.29) is 24.0 Å². The van der Waals surface area contributed by atoms with E-state index in [2.05, 4.69) is 29.1 Å². The summed E-state index contributed by atoms with van der Waals surface area (Å²) in [6.45, 7) is 7.68. The second-order valence-corrected chi connectivity index (χ2v) is 5.81. The summed E-state index contributed by atoms with van der Waals surface area (Å²) in [6, 6.07) is 10.4. The average Bonchev–Trinajstić information content (AvgIpc) is 2.46. The number of rotatable bonds is 4. The van der Waals surface area contributed by atoms with Crippen LogP contribution in [0.4, 0.5) is 5.69 Å². The molecule has 1 aromatic carbocycles. The van der Waals surface area contributed by atoms with Gasteiger partial charge in [-0.3, -0.25) is 9.89 Å². The normalized spacial score (nSPS) is 21.4. The molecule has 1 saturated heterocycles. The summed E-state index contributed by atoms with van der Waals surface area (Å²) in [5.74, 6) is 1.29. The lowest BCUT2D eigenvalue weighted by molar-refractivity contribution is 0.142. The van der Waals surface area contributed by atoms with Crippen LogP contribution in [-0.2, 0) is 0 Å². The average molecular weight is 402 g/mol. The maximum Gasteiger partial charge on any atom is 0.193 e. The fourth-order valence-corrected chi connectivity index (χ4v) is 2.68. The van der Waals surface area contributed by atoms with E-state index in [0.717, 1.165) is 18.2 Å². The fraction of sp³-hybridized carbons (Fsp3) is 0.562. The second kappa shape index (κ2) is 9.25. The predicted octanol–water partition coefficient (Wildman–Crippen LogP) is 3.15. The highest BCUT2D eigenvalue weighted by molar-refractivity contribution is 14.0. The standard InChI is InChI=1S/C16H26N4.HI/c1-13-7-6-10-20(12-13)14(2)11-18-16(17)19-15-8-4-3-5-9-15;/h3-5,8-9,13-14H,6-7,10-12H2,1-2H3,(H3,17,18,19);1H. The molecule has 0 radical (unpaired) electrons. The van der Waals surface area contributed by atoms with Gasteiger partial charge in [0.15, 0.2) is 5.96 Å². The monoisotopic (exact) mass is 402 g/mol. The number of benzene rings is 1. The highest BCUT2D eigenvalue weighted by Crippen LogP contribution is 2.17. The third-order valence-corrected chi connectivity index (χ3v) is 3.88. The topological polar surface area (TPSA) is 53.6 Å². The molecular weight excluding hydrogens is 375 g/mol. The number of nitrogens with two attached hydrogens (primary N) is 1. The lowest BCUT2D eigenvalue weighted by Crippen LogP contribution is -2.42. The van der Waals surface area contributed by atoms with Crippen molar-refractivity contribution in [3.63, 3.8) is 0 Å². The zero-order chi connectivity index (χ0) is 14.4. The molecule has 0 bridgehead atoms. The summed E-state index contributed by atoms with van der Waals surface area (Å²) in [6.07, 6.45) is 2.65. The van der Waals surface area contributed by atoms with Crippen LogP contribution >= 0.6 is 24.0 Å². The van der Waals surface area contributed by atoms with Gasteiger partial charge in [0.2, 0.25) is 0 Å². The van der Waals surface area contributed by atoms with Gasteiger partial charge in [0.25, 0.3) is 0 Å². The van der Waals surface area contributed by atoms with Gasteiger partial charge in [0.05, 0.1) is 6.54 Å². The molecule has 2 atom stereocenters. The van der Waals surface area contributed by atoms with Crippen molar-refractivity contribution < 1.29 is 0 Å². The van der Waals surface area contributed by atoms with Crippen LogP contribution in [0.15, 0.2) is 35.3 Å². The van der Waals surface area contributed by atoms with Gasteiger partial charge in [0.1, 0.15) is 0 Å². The van der Waals surface area contributed by atoms with Crippen molar-refractivity contribution in [1.29, 1.82) is 0 Å². The Labute approximate surface area is 145 Å². The van der Waals surface area contributed by atoms with Gasteiger partial charge in [-0.15, -0.1) is 24.0 Å². The minimum atomic E-state index is 0. The fourth-order valence-electron chi connectivity index (χ4n) is 2.68. The largest absolute Gasteiger partial charge is 0.370 e. The molecule has 2 rings (SSSR count). The zero-order valence-corrected chi connectivity index (χ0v) is 15.3. The van der Waals surface area contributed by atoms with Crippen molar-refractivity contribution in [3.8, 4) is 0 Å². The molecule has 118 valence electrons. The number of nitrogens with one attached hydrogen (secondary N) is 1. The van der Waals surface area contributed by atoms with Crippen LogP contribution in [0.1, 0.15) is 26.7 Å². The van der Waals surface area contributed by atoms with Crippen molar-refractivity contribution in [3.05, 3.63) is 30.3 Å². The third kappa shape index (κ3) is 6.22. The first-order valence-electron chi connectivity index (χ1n) is 7.51. The first kappa shape index (κ1) is 18.2. The second-order valence-electron chi connectivity index (χ2n) is 5.81. The van der Waals surface area contributed by atoms with E-state index >= 15 is 0 Å². The van der Waals surface area contributed by atoms with E-state index in [0.29, 0.717) is 12.0 Å². The molecule has 1 aliphatic rings. The molecule has 1 aromatic rings. The lowest BCUT2D eigenvalue weighted by Gasteiger charge is -2.34. The van der Waals surface area contributed by atoms with E-state index in [9.17, 15) is 0 Å². The Morgan fingerprint density at radius 1 is 1.43 bits per heavy atom. The molecule has 0 spiro atoms. The van der Waals surface area contributed by atoms with E-state index in [4.69, 9.17) is 5.73 Å². The highest BCUT2D eigenvalue weighted by atomic mass is 127. The van der Waals surface area contributed by atoms with Crippen LogP contribution in [0.25, 0.3) is 0 Å². The summed E-state index contributed by atoms with van der Waals surface area (Å²) >= 11 is 0. The molecule has 0 aromatic heterocycles. The summed E-state index contributed by atoms with van der Waals surface area (Å²) in [4.78, 5) is 6.98. The Morgan fingerprint density at radius 3 is 2.81 bits per heavy atom. The Morgan fingerprint density at radius 2 is 2.14 bits per heavy atom. The van der Waals surface area contributed by atoms with E-state index in [1.165, 1.54) is 25.9 Å². The van der Waals surface area contributed by atoms with Crippen molar-refractivity contribution >= 4 is 35.6 Å². The Bertz CT molecular complexity index is 435. The first-order valence-corrected chi connectivity index (χ1v) is 7.51. The molecule has 3 N–H and O–H groups in total. The SMILES string of the molecule is CC1CCCN(C(C)CN=C(N)Nc2ccccc2)C1.I. The molecule has 1 fully saturated rings. The number of nitrogens with zero attached hydrogens (tertiary/aromatic N) is 2. The summed E-state index contributed by atoms with van der Waals surface area (Å²) in [5.41, 5.74) is 6.91. The molecule has 21 heavy (non-hydrogen) atoms. The Hall–Kier alpha value is -0.820. The van der Waals surface area contributed by atoms with Crippen molar-refractivity contribution in [1.82, 2.24) is 4.90 Å². The van der Waals surface area contributed by atoms with Gasteiger partial charge in [-0.05, 0) is 44.4 Å². The number of piperidine rings is 1. The number of guanidine groups is 1.